The second-order valence-corrected chi connectivity index (χ2v) is 5.01. The van der Waals surface area contributed by atoms with Crippen LogP contribution >= 0.6 is 0 Å². The molecule has 0 aliphatic carbocycles. The number of urea groups is 1. The van der Waals surface area contributed by atoms with Gasteiger partial charge >= 0.3 is 12.0 Å². The highest BCUT2D eigenvalue weighted by molar-refractivity contribution is 5.92. The third-order valence-corrected chi connectivity index (χ3v) is 3.37. The quantitative estimate of drug-likeness (QED) is 0.840. The van der Waals surface area contributed by atoms with E-state index in [0.717, 1.165) is 6.42 Å². The van der Waals surface area contributed by atoms with Gasteiger partial charge in [-0.3, -0.25) is 4.68 Å². The maximum atomic E-state index is 12.1. The monoisotopic (exact) mass is 266 g/mol. The molecule has 0 spiro atoms. The molecule has 2 unspecified atom stereocenters. The smallest absolute Gasteiger partial charge is 0.326 e. The minimum absolute atomic E-state index is 0.323. The lowest BCUT2D eigenvalue weighted by Crippen LogP contribution is -2.51. The highest BCUT2D eigenvalue weighted by Crippen LogP contribution is 2.23. The Morgan fingerprint density at radius 3 is 2.84 bits per heavy atom. The average molecular weight is 266 g/mol. The maximum absolute atomic E-state index is 12.1. The number of hydrogen-bond acceptors (Lipinski definition) is 3. The van der Waals surface area contributed by atoms with Crippen molar-refractivity contribution in [3.63, 3.8) is 0 Å². The molecule has 2 rings (SSSR count). The topological polar surface area (TPSA) is 87.5 Å². The summed E-state index contributed by atoms with van der Waals surface area (Å²) in [5, 5.41) is 15.8. The van der Waals surface area contributed by atoms with Gasteiger partial charge in [0.05, 0.1) is 11.9 Å². The third-order valence-electron chi connectivity index (χ3n) is 3.37. The van der Waals surface area contributed by atoms with Gasteiger partial charge in [0.1, 0.15) is 6.04 Å². The van der Waals surface area contributed by atoms with E-state index in [-0.39, 0.29) is 6.03 Å². The van der Waals surface area contributed by atoms with Crippen LogP contribution in [0.1, 0.15) is 19.8 Å². The third kappa shape index (κ3) is 3.04. The molecule has 1 saturated heterocycles. The largest absolute Gasteiger partial charge is 0.480 e. The van der Waals surface area contributed by atoms with E-state index < -0.39 is 12.0 Å². The number of aryl methyl sites for hydroxylation is 1. The number of carboxylic acids is 1. The number of anilines is 1. The second-order valence-electron chi connectivity index (χ2n) is 5.01. The van der Waals surface area contributed by atoms with Crippen LogP contribution in [-0.4, -0.2) is 44.4 Å². The van der Waals surface area contributed by atoms with E-state index in [2.05, 4.69) is 10.4 Å². The number of carbonyl (C=O) groups is 2. The number of carboxylic acid groups (broad SMARTS) is 1. The molecule has 2 amide bonds. The minimum Gasteiger partial charge on any atom is -0.480 e. The lowest BCUT2D eigenvalue weighted by Gasteiger charge is -2.35. The zero-order chi connectivity index (χ0) is 14.0. The number of aliphatic carboxylic acids is 1. The van der Waals surface area contributed by atoms with Crippen molar-refractivity contribution in [2.45, 2.75) is 25.8 Å². The number of hydrogen-bond donors (Lipinski definition) is 2. The summed E-state index contributed by atoms with van der Waals surface area (Å²) in [6.07, 6.45) is 4.51. The highest BCUT2D eigenvalue weighted by Gasteiger charge is 2.34. The van der Waals surface area contributed by atoms with Gasteiger partial charge in [0, 0.05) is 19.8 Å². The number of carbonyl (C=O) groups excluding carboxylic acids is 1. The van der Waals surface area contributed by atoms with Gasteiger partial charge in [-0.1, -0.05) is 6.92 Å². The number of nitrogens with zero attached hydrogens (tertiary/aromatic N) is 3. The first-order chi connectivity index (χ1) is 8.97. The summed E-state index contributed by atoms with van der Waals surface area (Å²) >= 11 is 0. The number of likely N-dealkylation sites (tertiary alicyclic amines) is 1. The predicted octanol–water partition coefficient (Wildman–Crippen LogP) is 1.14. The van der Waals surface area contributed by atoms with Gasteiger partial charge < -0.3 is 15.3 Å². The van der Waals surface area contributed by atoms with Crippen LogP contribution < -0.4 is 5.32 Å². The Labute approximate surface area is 111 Å². The molecule has 2 atom stereocenters. The lowest BCUT2D eigenvalue weighted by molar-refractivity contribution is -0.143. The number of aromatic nitrogens is 2. The molecule has 19 heavy (non-hydrogen) atoms. The number of nitrogens with one attached hydrogen (secondary N) is 1. The first-order valence-electron chi connectivity index (χ1n) is 6.26. The van der Waals surface area contributed by atoms with Crippen LogP contribution in [0.4, 0.5) is 10.5 Å². The van der Waals surface area contributed by atoms with Gasteiger partial charge in [0.15, 0.2) is 0 Å². The van der Waals surface area contributed by atoms with Crippen molar-refractivity contribution >= 4 is 17.7 Å². The normalized spacial score (nSPS) is 23.2. The number of piperidine rings is 1. The molecule has 0 radical (unpaired) electrons. The molecule has 1 fully saturated rings. The van der Waals surface area contributed by atoms with Crippen molar-refractivity contribution in [1.82, 2.24) is 14.7 Å². The van der Waals surface area contributed by atoms with Gasteiger partial charge in [0.2, 0.25) is 0 Å². The van der Waals surface area contributed by atoms with Crippen molar-refractivity contribution < 1.29 is 14.7 Å². The SMILES string of the molecule is CC1CCN(C(=O)Nc2cnn(C)c2)C(C(=O)O)C1. The molecular formula is C12H18N4O3. The second kappa shape index (κ2) is 5.29. The Kier molecular flexibility index (Phi) is 3.73. The zero-order valence-electron chi connectivity index (χ0n) is 11.0. The van der Waals surface area contributed by atoms with Gasteiger partial charge in [-0.25, -0.2) is 9.59 Å². The van der Waals surface area contributed by atoms with Crippen molar-refractivity contribution in [2.24, 2.45) is 13.0 Å². The summed E-state index contributed by atoms with van der Waals surface area (Å²) in [6.45, 7) is 2.47. The van der Waals surface area contributed by atoms with Gasteiger partial charge in [-0.2, -0.15) is 5.10 Å². The Morgan fingerprint density at radius 1 is 1.53 bits per heavy atom. The molecule has 104 valence electrons. The summed E-state index contributed by atoms with van der Waals surface area (Å²) in [4.78, 5) is 24.7. The van der Waals surface area contributed by atoms with Gasteiger partial charge in [-0.05, 0) is 18.8 Å². The average Bonchev–Trinajstić information content (AvgIpc) is 2.74. The van der Waals surface area contributed by atoms with Crippen LogP contribution in [0, 0.1) is 5.92 Å². The summed E-state index contributed by atoms with van der Waals surface area (Å²) in [7, 11) is 1.75. The van der Waals surface area contributed by atoms with Crippen LogP contribution in [0.5, 0.6) is 0 Å². The predicted molar refractivity (Wildman–Crippen MR) is 68.8 cm³/mol. The molecule has 0 saturated carbocycles. The molecule has 0 aromatic carbocycles. The van der Waals surface area contributed by atoms with E-state index in [4.69, 9.17) is 0 Å². The van der Waals surface area contributed by atoms with E-state index in [1.165, 1.54) is 11.1 Å². The first-order valence-corrected chi connectivity index (χ1v) is 6.26. The van der Waals surface area contributed by atoms with E-state index >= 15 is 0 Å². The molecule has 1 aromatic rings. The summed E-state index contributed by atoms with van der Waals surface area (Å²) in [6, 6.07) is -1.13. The van der Waals surface area contributed by atoms with Crippen molar-refractivity contribution in [1.29, 1.82) is 0 Å². The molecule has 1 aromatic heterocycles. The van der Waals surface area contributed by atoms with Crippen LogP contribution in [-0.2, 0) is 11.8 Å². The zero-order valence-corrected chi connectivity index (χ0v) is 11.0. The van der Waals surface area contributed by atoms with E-state index in [9.17, 15) is 14.7 Å². The number of amides is 2. The number of rotatable bonds is 2. The standard InChI is InChI=1S/C12H18N4O3/c1-8-3-4-16(10(5-8)11(17)18)12(19)14-9-6-13-15(2)7-9/h6-8,10H,3-5H2,1-2H3,(H,14,19)(H,17,18). The fourth-order valence-corrected chi connectivity index (χ4v) is 2.30. The Balaban J connectivity index is 2.06. The van der Waals surface area contributed by atoms with Gasteiger partial charge in [-0.15, -0.1) is 0 Å². The Hall–Kier alpha value is -2.05. The van der Waals surface area contributed by atoms with Crippen LogP contribution in [0.25, 0.3) is 0 Å². The van der Waals surface area contributed by atoms with Crippen molar-refractivity contribution in [2.75, 3.05) is 11.9 Å². The van der Waals surface area contributed by atoms with E-state index in [1.54, 1.807) is 17.9 Å². The Bertz CT molecular complexity index is 485. The molecule has 1 aliphatic rings. The summed E-state index contributed by atoms with van der Waals surface area (Å²) in [5.74, 6) is -0.628. The Morgan fingerprint density at radius 2 is 2.26 bits per heavy atom. The van der Waals surface area contributed by atoms with E-state index in [1.807, 2.05) is 6.92 Å². The lowest BCUT2D eigenvalue weighted by atomic mass is 9.93. The van der Waals surface area contributed by atoms with Crippen LogP contribution in [0.2, 0.25) is 0 Å². The van der Waals surface area contributed by atoms with Crippen LogP contribution in [0.3, 0.4) is 0 Å². The molecular weight excluding hydrogens is 248 g/mol. The van der Waals surface area contributed by atoms with Crippen molar-refractivity contribution in [3.05, 3.63) is 12.4 Å². The van der Waals surface area contributed by atoms with E-state index in [0.29, 0.717) is 24.6 Å². The molecule has 2 N–H and O–H groups in total. The van der Waals surface area contributed by atoms with Crippen molar-refractivity contribution in [3.8, 4) is 0 Å². The molecule has 2 heterocycles. The molecule has 1 aliphatic heterocycles. The fraction of sp³-hybridized carbons (Fsp3) is 0.583. The van der Waals surface area contributed by atoms with Gasteiger partial charge in [0.25, 0.3) is 0 Å². The minimum atomic E-state index is -0.951. The summed E-state index contributed by atoms with van der Waals surface area (Å²) in [5.41, 5.74) is 0.565. The molecule has 7 nitrogen and oxygen atoms in total. The van der Waals surface area contributed by atoms with Crippen LogP contribution in [0.15, 0.2) is 12.4 Å². The molecule has 7 heteroatoms. The summed E-state index contributed by atoms with van der Waals surface area (Å²) < 4.78 is 1.57. The molecule has 0 bridgehead atoms. The fourth-order valence-electron chi connectivity index (χ4n) is 2.30. The highest BCUT2D eigenvalue weighted by atomic mass is 16.4. The first kappa shape index (κ1) is 13.4. The maximum Gasteiger partial charge on any atom is 0.326 e.